The summed E-state index contributed by atoms with van der Waals surface area (Å²) in [5.41, 5.74) is 6.42. The van der Waals surface area contributed by atoms with E-state index >= 15 is 0 Å². The maximum absolute atomic E-state index is 5.76. The van der Waals surface area contributed by atoms with Crippen molar-refractivity contribution in [1.82, 2.24) is 9.97 Å². The quantitative estimate of drug-likeness (QED) is 0.380. The predicted molar refractivity (Wildman–Crippen MR) is 69.1 cm³/mol. The van der Waals surface area contributed by atoms with Gasteiger partial charge in [-0.2, -0.15) is 0 Å². The van der Waals surface area contributed by atoms with Crippen molar-refractivity contribution in [2.45, 2.75) is 5.16 Å². The van der Waals surface area contributed by atoms with E-state index in [9.17, 15) is 0 Å². The van der Waals surface area contributed by atoms with Gasteiger partial charge in [0.2, 0.25) is 0 Å². The third kappa shape index (κ3) is 3.64. The zero-order valence-electron chi connectivity index (χ0n) is 9.24. The van der Waals surface area contributed by atoms with Crippen LogP contribution < -0.4 is 10.5 Å². The molecule has 0 amide bonds. The third-order valence-corrected chi connectivity index (χ3v) is 2.87. The summed E-state index contributed by atoms with van der Waals surface area (Å²) in [5, 5.41) is 0.761. The van der Waals surface area contributed by atoms with Crippen LogP contribution >= 0.6 is 11.8 Å². The normalized spacial score (nSPS) is 10.1. The Kier molecular flexibility index (Phi) is 4.21. The minimum Gasteiger partial charge on any atom is -0.491 e. The Morgan fingerprint density at radius 1 is 1.12 bits per heavy atom. The van der Waals surface area contributed by atoms with E-state index in [0.29, 0.717) is 12.3 Å². The number of hydrogen-bond donors (Lipinski definition) is 1. The van der Waals surface area contributed by atoms with Crippen LogP contribution in [0.4, 0.5) is 5.69 Å². The second kappa shape index (κ2) is 6.10. The molecule has 2 aromatic rings. The van der Waals surface area contributed by atoms with Crippen LogP contribution in [0.2, 0.25) is 0 Å². The molecule has 88 valence electrons. The van der Waals surface area contributed by atoms with E-state index in [2.05, 4.69) is 9.97 Å². The molecule has 0 aliphatic rings. The first kappa shape index (κ1) is 11.7. The molecule has 2 N–H and O–H groups in total. The molecule has 4 nitrogen and oxygen atoms in total. The highest BCUT2D eigenvalue weighted by Gasteiger charge is 1.99. The molecule has 1 aromatic heterocycles. The van der Waals surface area contributed by atoms with Gasteiger partial charge in [0.1, 0.15) is 5.75 Å². The van der Waals surface area contributed by atoms with Gasteiger partial charge >= 0.3 is 0 Å². The second-order valence-corrected chi connectivity index (χ2v) is 4.33. The van der Waals surface area contributed by atoms with Gasteiger partial charge in [0.15, 0.2) is 5.16 Å². The van der Waals surface area contributed by atoms with Crippen molar-refractivity contribution in [3.63, 3.8) is 0 Å². The number of para-hydroxylation sites is 2. The summed E-state index contributed by atoms with van der Waals surface area (Å²) in [5.74, 6) is 1.51. The summed E-state index contributed by atoms with van der Waals surface area (Å²) in [6, 6.07) is 9.26. The van der Waals surface area contributed by atoms with Crippen molar-refractivity contribution in [3.8, 4) is 5.75 Å². The lowest BCUT2D eigenvalue weighted by Crippen LogP contribution is -2.02. The van der Waals surface area contributed by atoms with Crippen LogP contribution in [0.1, 0.15) is 0 Å². The number of hydrogen-bond acceptors (Lipinski definition) is 5. The van der Waals surface area contributed by atoms with Crippen molar-refractivity contribution < 1.29 is 4.74 Å². The molecule has 0 radical (unpaired) electrons. The monoisotopic (exact) mass is 247 g/mol. The minimum atomic E-state index is 0.580. The van der Waals surface area contributed by atoms with Crippen LogP contribution in [0.3, 0.4) is 0 Å². The number of nitrogens with two attached hydrogens (primary N) is 1. The molecule has 2 rings (SSSR count). The predicted octanol–water partition coefficient (Wildman–Crippen LogP) is 2.23. The van der Waals surface area contributed by atoms with E-state index in [1.165, 1.54) is 0 Å². The van der Waals surface area contributed by atoms with Gasteiger partial charge in [0.25, 0.3) is 0 Å². The van der Waals surface area contributed by atoms with Crippen LogP contribution in [0.15, 0.2) is 47.9 Å². The Balaban J connectivity index is 1.76. The van der Waals surface area contributed by atoms with Crippen molar-refractivity contribution in [1.29, 1.82) is 0 Å². The molecule has 0 bridgehead atoms. The van der Waals surface area contributed by atoms with E-state index in [1.54, 1.807) is 30.2 Å². The van der Waals surface area contributed by atoms with Gasteiger partial charge in [-0.1, -0.05) is 23.9 Å². The van der Waals surface area contributed by atoms with E-state index < -0.39 is 0 Å². The number of nitrogens with zero attached hydrogens (tertiary/aromatic N) is 2. The molecule has 0 aliphatic carbocycles. The molecule has 0 aliphatic heterocycles. The van der Waals surface area contributed by atoms with Crippen LogP contribution in [0, 0.1) is 0 Å². The van der Waals surface area contributed by atoms with Gasteiger partial charge < -0.3 is 10.5 Å². The molecule has 0 atom stereocenters. The van der Waals surface area contributed by atoms with Crippen LogP contribution in [-0.2, 0) is 0 Å². The Labute approximate surface area is 104 Å². The first-order valence-corrected chi connectivity index (χ1v) is 6.22. The van der Waals surface area contributed by atoms with Crippen LogP contribution in [-0.4, -0.2) is 22.3 Å². The standard InChI is InChI=1S/C12H13N3OS/c13-10-4-1-2-5-11(10)16-8-9-17-12-14-6-3-7-15-12/h1-7H,8-9,13H2. The summed E-state index contributed by atoms with van der Waals surface area (Å²) in [6.45, 7) is 0.580. The molecule has 0 spiro atoms. The first-order chi connectivity index (χ1) is 8.36. The molecule has 0 unspecified atom stereocenters. The number of nitrogen functional groups attached to an aromatic ring is 1. The summed E-state index contributed by atoms with van der Waals surface area (Å²) in [6.07, 6.45) is 3.46. The fourth-order valence-electron chi connectivity index (χ4n) is 1.26. The summed E-state index contributed by atoms with van der Waals surface area (Å²) < 4.78 is 5.56. The van der Waals surface area contributed by atoms with Crippen LogP contribution in [0.25, 0.3) is 0 Å². The van der Waals surface area contributed by atoms with E-state index in [0.717, 1.165) is 16.7 Å². The Bertz CT molecular complexity index is 464. The minimum absolute atomic E-state index is 0.580. The van der Waals surface area contributed by atoms with Gasteiger partial charge in [-0.25, -0.2) is 9.97 Å². The molecular formula is C12H13N3OS. The number of thioether (sulfide) groups is 1. The Hall–Kier alpha value is -1.75. The average Bonchev–Trinajstić information content (AvgIpc) is 2.38. The van der Waals surface area contributed by atoms with E-state index in [4.69, 9.17) is 10.5 Å². The zero-order chi connectivity index (χ0) is 11.9. The smallest absolute Gasteiger partial charge is 0.187 e. The summed E-state index contributed by atoms with van der Waals surface area (Å²) in [4.78, 5) is 8.22. The van der Waals surface area contributed by atoms with Crippen LogP contribution in [0.5, 0.6) is 5.75 Å². The van der Waals surface area contributed by atoms with Gasteiger partial charge in [0.05, 0.1) is 12.3 Å². The number of aromatic nitrogens is 2. The van der Waals surface area contributed by atoms with Crippen molar-refractivity contribution in [2.24, 2.45) is 0 Å². The third-order valence-electron chi connectivity index (χ3n) is 2.03. The van der Waals surface area contributed by atoms with Crippen molar-refractivity contribution >= 4 is 17.4 Å². The molecule has 0 saturated heterocycles. The van der Waals surface area contributed by atoms with Gasteiger partial charge in [0, 0.05) is 18.1 Å². The summed E-state index contributed by atoms with van der Waals surface area (Å²) in [7, 11) is 0. The second-order valence-electron chi connectivity index (χ2n) is 3.27. The molecule has 1 aromatic carbocycles. The number of ether oxygens (including phenoxy) is 1. The first-order valence-electron chi connectivity index (χ1n) is 5.23. The van der Waals surface area contributed by atoms with Gasteiger partial charge in [-0.3, -0.25) is 0 Å². The number of benzene rings is 1. The summed E-state index contributed by atoms with van der Waals surface area (Å²) >= 11 is 1.56. The van der Waals surface area contributed by atoms with Gasteiger partial charge in [-0.15, -0.1) is 0 Å². The lowest BCUT2D eigenvalue weighted by molar-refractivity contribution is 0.345. The van der Waals surface area contributed by atoms with E-state index in [-0.39, 0.29) is 0 Å². The fourth-order valence-corrected chi connectivity index (χ4v) is 1.88. The molecule has 0 fully saturated rings. The van der Waals surface area contributed by atoms with Crippen molar-refractivity contribution in [2.75, 3.05) is 18.1 Å². The molecule has 5 heteroatoms. The van der Waals surface area contributed by atoms with Gasteiger partial charge in [-0.05, 0) is 18.2 Å². The number of anilines is 1. The fraction of sp³-hybridized carbons (Fsp3) is 0.167. The lowest BCUT2D eigenvalue weighted by atomic mass is 10.3. The highest BCUT2D eigenvalue weighted by atomic mass is 32.2. The highest BCUT2D eigenvalue weighted by molar-refractivity contribution is 7.99. The lowest BCUT2D eigenvalue weighted by Gasteiger charge is -2.07. The largest absolute Gasteiger partial charge is 0.491 e. The topological polar surface area (TPSA) is 61.0 Å². The number of rotatable bonds is 5. The maximum Gasteiger partial charge on any atom is 0.187 e. The SMILES string of the molecule is Nc1ccccc1OCCSc1ncccn1. The Morgan fingerprint density at radius 3 is 2.65 bits per heavy atom. The molecule has 0 saturated carbocycles. The average molecular weight is 247 g/mol. The molecule has 17 heavy (non-hydrogen) atoms. The molecular weight excluding hydrogens is 234 g/mol. The van der Waals surface area contributed by atoms with Crippen molar-refractivity contribution in [3.05, 3.63) is 42.7 Å². The Morgan fingerprint density at radius 2 is 1.88 bits per heavy atom. The molecule has 1 heterocycles. The van der Waals surface area contributed by atoms with E-state index in [1.807, 2.05) is 24.3 Å². The zero-order valence-corrected chi connectivity index (χ0v) is 10.1. The maximum atomic E-state index is 5.76. The highest BCUT2D eigenvalue weighted by Crippen LogP contribution is 2.20.